The molecule has 1 unspecified atom stereocenters. The molecule has 0 saturated carbocycles. The van der Waals surface area contributed by atoms with Crippen molar-refractivity contribution in [3.05, 3.63) is 47.7 Å². The predicted molar refractivity (Wildman–Crippen MR) is 89.4 cm³/mol. The molecule has 0 bridgehead atoms. The first-order valence-electron chi connectivity index (χ1n) is 8.14. The summed E-state index contributed by atoms with van der Waals surface area (Å²) in [5.41, 5.74) is 2.75. The zero-order valence-corrected chi connectivity index (χ0v) is 13.3. The lowest BCUT2D eigenvalue weighted by Gasteiger charge is -2.15. The number of ether oxygens (including phenoxy) is 1. The van der Waals surface area contributed by atoms with Crippen molar-refractivity contribution in [2.45, 2.75) is 32.6 Å². The van der Waals surface area contributed by atoms with Crippen LogP contribution in [0.4, 0.5) is 0 Å². The Bertz CT molecular complexity index is 757. The average molecular weight is 311 g/mol. The van der Waals surface area contributed by atoms with E-state index in [1.807, 2.05) is 24.3 Å². The van der Waals surface area contributed by atoms with Crippen molar-refractivity contribution in [1.82, 2.24) is 4.98 Å². The van der Waals surface area contributed by atoms with Crippen LogP contribution in [-0.4, -0.2) is 23.3 Å². The first-order chi connectivity index (χ1) is 11.2. The molecular formula is C19H21NO3. The quantitative estimate of drug-likeness (QED) is 0.519. The Labute approximate surface area is 135 Å². The number of esters is 1. The van der Waals surface area contributed by atoms with E-state index < -0.39 is 0 Å². The number of carbonyl (C=O) groups is 2. The topological polar surface area (TPSA) is 59.2 Å². The van der Waals surface area contributed by atoms with Crippen LogP contribution in [0.5, 0.6) is 0 Å². The number of para-hydroxylation sites is 1. The summed E-state index contributed by atoms with van der Waals surface area (Å²) >= 11 is 0. The normalized spacial score (nSPS) is 17.3. The first-order valence-corrected chi connectivity index (χ1v) is 8.14. The number of H-pyrrole nitrogens is 1. The van der Waals surface area contributed by atoms with Crippen molar-refractivity contribution in [3.8, 4) is 0 Å². The lowest BCUT2D eigenvalue weighted by Crippen LogP contribution is -2.22. The molecule has 1 aromatic heterocycles. The Morgan fingerprint density at radius 3 is 2.91 bits per heavy atom. The van der Waals surface area contributed by atoms with Gasteiger partial charge in [-0.3, -0.25) is 9.59 Å². The minimum Gasteiger partial charge on any atom is -0.457 e. The maximum absolute atomic E-state index is 12.4. The molecule has 1 heterocycles. The first kappa shape index (κ1) is 15.5. The van der Waals surface area contributed by atoms with E-state index in [1.165, 1.54) is 5.56 Å². The lowest BCUT2D eigenvalue weighted by atomic mass is 9.95. The maximum Gasteiger partial charge on any atom is 0.309 e. The third-order valence-corrected chi connectivity index (χ3v) is 4.43. The second-order valence-corrected chi connectivity index (χ2v) is 5.91. The van der Waals surface area contributed by atoms with Gasteiger partial charge in [0.25, 0.3) is 0 Å². The third kappa shape index (κ3) is 3.21. The van der Waals surface area contributed by atoms with Crippen LogP contribution < -0.4 is 0 Å². The SMILES string of the molecule is CCc1cccc2c(C(=O)COC(=O)C3CC=CCC3)c[nH]c12. The van der Waals surface area contributed by atoms with Crippen LogP contribution in [-0.2, 0) is 16.0 Å². The van der Waals surface area contributed by atoms with E-state index in [2.05, 4.69) is 18.0 Å². The van der Waals surface area contributed by atoms with Crippen molar-refractivity contribution in [3.63, 3.8) is 0 Å². The summed E-state index contributed by atoms with van der Waals surface area (Å²) < 4.78 is 5.24. The van der Waals surface area contributed by atoms with E-state index in [4.69, 9.17) is 4.74 Å². The number of aromatic nitrogens is 1. The van der Waals surface area contributed by atoms with Crippen LogP contribution in [0, 0.1) is 5.92 Å². The molecule has 3 rings (SSSR count). The van der Waals surface area contributed by atoms with E-state index in [1.54, 1.807) is 6.20 Å². The van der Waals surface area contributed by atoms with Gasteiger partial charge in [-0.25, -0.2) is 0 Å². The molecule has 0 fully saturated rings. The highest BCUT2D eigenvalue weighted by Crippen LogP contribution is 2.23. The van der Waals surface area contributed by atoms with Gasteiger partial charge >= 0.3 is 5.97 Å². The molecule has 1 aliphatic carbocycles. The number of rotatable bonds is 5. The number of Topliss-reactive ketones (excluding diaryl/α,β-unsaturated/α-hetero) is 1. The molecule has 0 saturated heterocycles. The molecule has 0 radical (unpaired) electrons. The number of benzene rings is 1. The number of ketones is 1. The Kier molecular flexibility index (Phi) is 4.60. The summed E-state index contributed by atoms with van der Waals surface area (Å²) in [6.45, 7) is 1.89. The Morgan fingerprint density at radius 1 is 1.30 bits per heavy atom. The number of nitrogens with one attached hydrogen (secondary N) is 1. The van der Waals surface area contributed by atoms with Gasteiger partial charge in [0.15, 0.2) is 6.61 Å². The summed E-state index contributed by atoms with van der Waals surface area (Å²) in [6.07, 6.45) is 9.10. The van der Waals surface area contributed by atoms with Gasteiger partial charge in [0.1, 0.15) is 0 Å². The smallest absolute Gasteiger partial charge is 0.309 e. The van der Waals surface area contributed by atoms with E-state index in [0.717, 1.165) is 30.2 Å². The minimum atomic E-state index is -0.267. The Morgan fingerprint density at radius 2 is 2.17 bits per heavy atom. The van der Waals surface area contributed by atoms with Crippen molar-refractivity contribution >= 4 is 22.7 Å². The molecule has 4 nitrogen and oxygen atoms in total. The van der Waals surface area contributed by atoms with Gasteiger partial charge in [0, 0.05) is 22.7 Å². The number of fused-ring (bicyclic) bond motifs is 1. The van der Waals surface area contributed by atoms with Crippen LogP contribution >= 0.6 is 0 Å². The largest absolute Gasteiger partial charge is 0.457 e. The fourth-order valence-corrected chi connectivity index (χ4v) is 3.08. The van der Waals surface area contributed by atoms with Gasteiger partial charge in [-0.05, 0) is 31.2 Å². The van der Waals surface area contributed by atoms with E-state index in [9.17, 15) is 9.59 Å². The van der Waals surface area contributed by atoms with Crippen LogP contribution in [0.25, 0.3) is 10.9 Å². The van der Waals surface area contributed by atoms with Crippen molar-refractivity contribution in [1.29, 1.82) is 0 Å². The zero-order chi connectivity index (χ0) is 16.2. The summed E-state index contributed by atoms with van der Waals surface area (Å²) in [5, 5.41) is 0.894. The number of carbonyl (C=O) groups excluding carboxylic acids is 2. The molecule has 1 N–H and O–H groups in total. The average Bonchev–Trinajstić information content (AvgIpc) is 3.04. The molecular weight excluding hydrogens is 290 g/mol. The highest BCUT2D eigenvalue weighted by molar-refractivity contribution is 6.09. The van der Waals surface area contributed by atoms with Gasteiger partial charge in [0.05, 0.1) is 5.92 Å². The zero-order valence-electron chi connectivity index (χ0n) is 13.3. The van der Waals surface area contributed by atoms with Gasteiger partial charge in [0.2, 0.25) is 5.78 Å². The van der Waals surface area contributed by atoms with E-state index in [0.29, 0.717) is 12.0 Å². The van der Waals surface area contributed by atoms with Crippen molar-refractivity contribution in [2.24, 2.45) is 5.92 Å². The van der Waals surface area contributed by atoms with Crippen molar-refractivity contribution < 1.29 is 14.3 Å². The van der Waals surface area contributed by atoms with Gasteiger partial charge in [-0.15, -0.1) is 0 Å². The molecule has 0 aliphatic heterocycles. The standard InChI is InChI=1S/C19H21NO3/c1-2-13-9-6-10-15-16(11-20-18(13)15)17(21)12-23-19(22)14-7-4-3-5-8-14/h3-4,6,9-11,14,20H,2,5,7-8,12H2,1H3. The Balaban J connectivity index is 1.69. The molecule has 4 heteroatoms. The van der Waals surface area contributed by atoms with Gasteiger partial charge in [-0.1, -0.05) is 37.3 Å². The van der Waals surface area contributed by atoms with Crippen LogP contribution in [0.3, 0.4) is 0 Å². The second-order valence-electron chi connectivity index (χ2n) is 5.91. The van der Waals surface area contributed by atoms with Crippen molar-refractivity contribution in [2.75, 3.05) is 6.61 Å². The summed E-state index contributed by atoms with van der Waals surface area (Å²) in [4.78, 5) is 27.6. The number of hydrogen-bond acceptors (Lipinski definition) is 3. The fourth-order valence-electron chi connectivity index (χ4n) is 3.08. The van der Waals surface area contributed by atoms with E-state index in [-0.39, 0.29) is 24.3 Å². The summed E-state index contributed by atoms with van der Waals surface area (Å²) in [5.74, 6) is -0.538. The number of allylic oxidation sites excluding steroid dienone is 2. The lowest BCUT2D eigenvalue weighted by molar-refractivity contribution is -0.147. The Hall–Kier alpha value is -2.36. The molecule has 1 aromatic carbocycles. The molecule has 2 aromatic rings. The predicted octanol–water partition coefficient (Wildman–Crippen LogP) is 3.81. The summed E-state index contributed by atoms with van der Waals surface area (Å²) in [7, 11) is 0. The van der Waals surface area contributed by atoms with Crippen LogP contribution in [0.1, 0.15) is 42.1 Å². The molecule has 23 heavy (non-hydrogen) atoms. The molecule has 1 aliphatic rings. The maximum atomic E-state index is 12.4. The van der Waals surface area contributed by atoms with Gasteiger partial charge < -0.3 is 9.72 Å². The highest BCUT2D eigenvalue weighted by atomic mass is 16.5. The van der Waals surface area contributed by atoms with Gasteiger partial charge in [-0.2, -0.15) is 0 Å². The molecule has 1 atom stereocenters. The minimum absolute atomic E-state index is 0.109. The highest BCUT2D eigenvalue weighted by Gasteiger charge is 2.22. The molecule has 0 amide bonds. The monoisotopic (exact) mass is 311 g/mol. The molecule has 120 valence electrons. The van der Waals surface area contributed by atoms with E-state index >= 15 is 0 Å². The number of hydrogen-bond donors (Lipinski definition) is 1. The third-order valence-electron chi connectivity index (χ3n) is 4.43. The fraction of sp³-hybridized carbons (Fsp3) is 0.368. The second kappa shape index (κ2) is 6.82. The number of aryl methyl sites for hydroxylation is 1. The van der Waals surface area contributed by atoms with Crippen LogP contribution in [0.15, 0.2) is 36.5 Å². The molecule has 0 spiro atoms. The van der Waals surface area contributed by atoms with Crippen LogP contribution in [0.2, 0.25) is 0 Å². The summed E-state index contributed by atoms with van der Waals surface area (Å²) in [6, 6.07) is 5.92. The number of aromatic amines is 1.